The highest BCUT2D eigenvalue weighted by Gasteiger charge is 2.36. The molecule has 116 valence electrons. The summed E-state index contributed by atoms with van der Waals surface area (Å²) in [5.41, 5.74) is 5.98. The van der Waals surface area contributed by atoms with Crippen LogP contribution in [0, 0.1) is 17.3 Å². The van der Waals surface area contributed by atoms with Crippen LogP contribution in [0.5, 0.6) is 0 Å². The zero-order valence-electron chi connectivity index (χ0n) is 13.5. The number of carbonyl (C=O) groups excluding carboxylic acids is 1. The number of nitrogens with two attached hydrogens (primary N) is 1. The molecule has 3 heteroatoms. The van der Waals surface area contributed by atoms with Crippen LogP contribution in [0.4, 0.5) is 0 Å². The molecule has 0 aromatic carbocycles. The molecule has 3 nitrogen and oxygen atoms in total. The Labute approximate surface area is 124 Å². The van der Waals surface area contributed by atoms with Gasteiger partial charge in [-0.2, -0.15) is 0 Å². The van der Waals surface area contributed by atoms with Gasteiger partial charge in [0.15, 0.2) is 0 Å². The van der Waals surface area contributed by atoms with Gasteiger partial charge in [-0.3, -0.25) is 4.79 Å². The van der Waals surface area contributed by atoms with E-state index in [-0.39, 0.29) is 5.41 Å². The Bertz CT molecular complexity index is 326. The second-order valence-electron chi connectivity index (χ2n) is 7.90. The highest BCUT2D eigenvalue weighted by molar-refractivity contribution is 5.77. The predicted octanol–water partition coefficient (Wildman–Crippen LogP) is 3.18. The lowest BCUT2D eigenvalue weighted by Gasteiger charge is -2.31. The van der Waals surface area contributed by atoms with Gasteiger partial charge >= 0.3 is 0 Å². The van der Waals surface area contributed by atoms with Crippen LogP contribution in [0.15, 0.2) is 0 Å². The van der Waals surface area contributed by atoms with E-state index in [9.17, 15) is 4.79 Å². The van der Waals surface area contributed by atoms with Crippen molar-refractivity contribution in [2.45, 2.75) is 71.8 Å². The largest absolute Gasteiger partial charge is 0.339 e. The molecule has 2 aliphatic carbocycles. The van der Waals surface area contributed by atoms with Gasteiger partial charge in [0, 0.05) is 19.0 Å². The number of hydrogen-bond donors (Lipinski definition) is 1. The molecule has 1 unspecified atom stereocenters. The third kappa shape index (κ3) is 4.76. The maximum absolute atomic E-state index is 12.5. The van der Waals surface area contributed by atoms with Gasteiger partial charge in [-0.05, 0) is 62.3 Å². The summed E-state index contributed by atoms with van der Waals surface area (Å²) in [4.78, 5) is 14.7. The van der Waals surface area contributed by atoms with Crippen LogP contribution in [0.2, 0.25) is 0 Å². The van der Waals surface area contributed by atoms with Crippen molar-refractivity contribution in [3.8, 4) is 0 Å². The molecule has 0 saturated heterocycles. The van der Waals surface area contributed by atoms with Crippen LogP contribution in [0.25, 0.3) is 0 Å². The average Bonchev–Trinajstić information content (AvgIpc) is 3.23. The van der Waals surface area contributed by atoms with Gasteiger partial charge in [-0.15, -0.1) is 0 Å². The third-order valence-corrected chi connectivity index (χ3v) is 4.91. The van der Waals surface area contributed by atoms with E-state index < -0.39 is 0 Å². The molecule has 0 spiro atoms. The summed E-state index contributed by atoms with van der Waals surface area (Å²) in [7, 11) is 0. The molecule has 2 N–H and O–H groups in total. The molecule has 1 amide bonds. The number of nitrogens with zero attached hydrogens (tertiary/aromatic N) is 1. The Balaban J connectivity index is 1.81. The normalized spacial score (nSPS) is 20.8. The minimum absolute atomic E-state index is 0.251. The SMILES string of the molecule is CC(C)(C)C(CCN)CCC(=O)N(CC1CC1)C1CC1. The van der Waals surface area contributed by atoms with Gasteiger partial charge in [0.1, 0.15) is 0 Å². The van der Waals surface area contributed by atoms with Gasteiger partial charge in [-0.1, -0.05) is 20.8 Å². The van der Waals surface area contributed by atoms with Crippen molar-refractivity contribution < 1.29 is 4.79 Å². The first-order valence-corrected chi connectivity index (χ1v) is 8.41. The summed E-state index contributed by atoms with van der Waals surface area (Å²) in [5, 5.41) is 0. The summed E-state index contributed by atoms with van der Waals surface area (Å²) >= 11 is 0. The number of carbonyl (C=O) groups is 1. The molecule has 2 rings (SSSR count). The molecule has 2 fully saturated rings. The summed E-state index contributed by atoms with van der Waals surface area (Å²) in [6.45, 7) is 8.55. The summed E-state index contributed by atoms with van der Waals surface area (Å²) in [6.07, 6.45) is 7.85. The van der Waals surface area contributed by atoms with Crippen molar-refractivity contribution in [3.05, 3.63) is 0 Å². The molecular formula is C17H32N2O. The Kier molecular flexibility index (Phi) is 5.11. The minimum atomic E-state index is 0.251. The van der Waals surface area contributed by atoms with Crippen molar-refractivity contribution in [2.75, 3.05) is 13.1 Å². The maximum atomic E-state index is 12.5. The van der Waals surface area contributed by atoms with E-state index in [1.165, 1.54) is 25.7 Å². The van der Waals surface area contributed by atoms with Gasteiger partial charge in [0.25, 0.3) is 0 Å². The molecule has 0 radical (unpaired) electrons. The molecule has 1 atom stereocenters. The third-order valence-electron chi connectivity index (χ3n) is 4.91. The fraction of sp³-hybridized carbons (Fsp3) is 0.941. The van der Waals surface area contributed by atoms with E-state index in [0.717, 1.165) is 31.8 Å². The van der Waals surface area contributed by atoms with Crippen LogP contribution >= 0.6 is 0 Å². The van der Waals surface area contributed by atoms with E-state index in [1.807, 2.05) is 0 Å². The minimum Gasteiger partial charge on any atom is -0.339 e. The zero-order valence-corrected chi connectivity index (χ0v) is 13.5. The smallest absolute Gasteiger partial charge is 0.222 e. The Morgan fingerprint density at radius 2 is 1.85 bits per heavy atom. The second-order valence-corrected chi connectivity index (χ2v) is 7.90. The first-order valence-electron chi connectivity index (χ1n) is 8.41. The summed E-state index contributed by atoms with van der Waals surface area (Å²) < 4.78 is 0. The molecular weight excluding hydrogens is 248 g/mol. The molecule has 0 aliphatic heterocycles. The average molecular weight is 280 g/mol. The van der Waals surface area contributed by atoms with E-state index >= 15 is 0 Å². The van der Waals surface area contributed by atoms with Gasteiger partial charge in [0.05, 0.1) is 0 Å². The molecule has 2 saturated carbocycles. The first-order chi connectivity index (χ1) is 9.41. The first kappa shape index (κ1) is 15.8. The van der Waals surface area contributed by atoms with Gasteiger partial charge in [0.2, 0.25) is 5.91 Å². The lowest BCUT2D eigenvalue weighted by molar-refractivity contribution is -0.132. The van der Waals surface area contributed by atoms with E-state index in [4.69, 9.17) is 5.73 Å². The Hall–Kier alpha value is -0.570. The summed E-state index contributed by atoms with van der Waals surface area (Å²) in [6, 6.07) is 0.575. The van der Waals surface area contributed by atoms with Crippen LogP contribution in [-0.2, 0) is 4.79 Å². The van der Waals surface area contributed by atoms with Crippen molar-refractivity contribution in [2.24, 2.45) is 23.0 Å². The van der Waals surface area contributed by atoms with E-state index in [1.54, 1.807) is 0 Å². The van der Waals surface area contributed by atoms with E-state index in [0.29, 0.717) is 24.3 Å². The highest BCUT2D eigenvalue weighted by atomic mass is 16.2. The standard InChI is InChI=1S/C17H32N2O/c1-17(2,3)14(10-11-18)6-9-16(20)19(15-7-8-15)12-13-4-5-13/h13-15H,4-12,18H2,1-3H3. The molecule has 0 heterocycles. The monoisotopic (exact) mass is 280 g/mol. The molecule has 0 aromatic rings. The molecule has 0 aromatic heterocycles. The van der Waals surface area contributed by atoms with Crippen LogP contribution in [0.1, 0.15) is 65.7 Å². The van der Waals surface area contributed by atoms with Gasteiger partial charge < -0.3 is 10.6 Å². The van der Waals surface area contributed by atoms with E-state index in [2.05, 4.69) is 25.7 Å². The van der Waals surface area contributed by atoms with Crippen molar-refractivity contribution in [1.82, 2.24) is 4.90 Å². The van der Waals surface area contributed by atoms with Crippen molar-refractivity contribution in [3.63, 3.8) is 0 Å². The van der Waals surface area contributed by atoms with Crippen LogP contribution in [0.3, 0.4) is 0 Å². The number of hydrogen-bond acceptors (Lipinski definition) is 2. The topological polar surface area (TPSA) is 46.3 Å². The number of rotatable bonds is 8. The fourth-order valence-electron chi connectivity index (χ4n) is 3.07. The maximum Gasteiger partial charge on any atom is 0.222 e. The predicted molar refractivity (Wildman–Crippen MR) is 83.3 cm³/mol. The highest BCUT2D eigenvalue weighted by Crippen LogP contribution is 2.36. The molecule has 0 bridgehead atoms. The zero-order chi connectivity index (χ0) is 14.8. The van der Waals surface area contributed by atoms with Crippen LogP contribution < -0.4 is 5.73 Å². The lowest BCUT2D eigenvalue weighted by atomic mass is 9.76. The Morgan fingerprint density at radius 1 is 1.20 bits per heavy atom. The summed E-state index contributed by atoms with van der Waals surface area (Å²) in [5.74, 6) is 1.76. The number of amides is 1. The lowest BCUT2D eigenvalue weighted by Crippen LogP contribution is -2.35. The molecule has 2 aliphatic rings. The fourth-order valence-corrected chi connectivity index (χ4v) is 3.07. The van der Waals surface area contributed by atoms with Crippen LogP contribution in [-0.4, -0.2) is 29.9 Å². The quantitative estimate of drug-likeness (QED) is 0.742. The van der Waals surface area contributed by atoms with Crippen molar-refractivity contribution >= 4 is 5.91 Å². The molecule has 20 heavy (non-hydrogen) atoms. The van der Waals surface area contributed by atoms with Gasteiger partial charge in [-0.25, -0.2) is 0 Å². The Morgan fingerprint density at radius 3 is 2.30 bits per heavy atom. The van der Waals surface area contributed by atoms with Crippen molar-refractivity contribution in [1.29, 1.82) is 0 Å². The second kappa shape index (κ2) is 6.46.